The molecule has 1 unspecified atom stereocenters. The minimum Gasteiger partial charge on any atom is -0.481 e. The van der Waals surface area contributed by atoms with Crippen LogP contribution in [0, 0.1) is 0 Å². The number of carboxylic acids is 1. The maximum atomic E-state index is 11.4. The fourth-order valence-electron chi connectivity index (χ4n) is 2.01. The largest absolute Gasteiger partial charge is 0.481 e. The van der Waals surface area contributed by atoms with Crippen molar-refractivity contribution in [3.05, 3.63) is 76.3 Å². The summed E-state index contributed by atoms with van der Waals surface area (Å²) in [6.07, 6.45) is 4.34. The number of carboxylic acid groups (broad SMARTS) is 1. The van der Waals surface area contributed by atoms with E-state index in [0.717, 1.165) is 15.6 Å². The van der Waals surface area contributed by atoms with E-state index in [9.17, 15) is 9.90 Å². The number of allylic oxidation sites excluding steroid dienone is 1. The first-order valence-corrected chi connectivity index (χ1v) is 7.16. The van der Waals surface area contributed by atoms with E-state index >= 15 is 0 Å². The average molecular weight is 331 g/mol. The summed E-state index contributed by atoms with van der Waals surface area (Å²) in [5.41, 5.74) is 1.88. The summed E-state index contributed by atoms with van der Waals surface area (Å²) in [6, 6.07) is 17.3. The van der Waals surface area contributed by atoms with Crippen LogP contribution in [0.15, 0.2) is 65.1 Å². The summed E-state index contributed by atoms with van der Waals surface area (Å²) >= 11 is 3.37. The summed E-state index contributed by atoms with van der Waals surface area (Å²) in [5, 5.41) is 9.37. The Hall–Kier alpha value is -1.87. The van der Waals surface area contributed by atoms with Gasteiger partial charge in [0.15, 0.2) is 0 Å². The summed E-state index contributed by atoms with van der Waals surface area (Å²) in [5.74, 6) is -1.33. The zero-order valence-corrected chi connectivity index (χ0v) is 12.5. The van der Waals surface area contributed by atoms with Crippen LogP contribution in [0.3, 0.4) is 0 Å². The summed E-state index contributed by atoms with van der Waals surface area (Å²) in [4.78, 5) is 11.4. The molecule has 2 nitrogen and oxygen atoms in total. The van der Waals surface area contributed by atoms with Gasteiger partial charge in [-0.25, -0.2) is 0 Å². The van der Waals surface area contributed by atoms with Gasteiger partial charge >= 0.3 is 5.97 Å². The molecule has 0 bridgehead atoms. The molecule has 0 heterocycles. The van der Waals surface area contributed by atoms with E-state index in [1.54, 1.807) is 0 Å². The summed E-state index contributed by atoms with van der Waals surface area (Å²) < 4.78 is 0.897. The molecule has 2 aromatic rings. The van der Waals surface area contributed by atoms with Crippen molar-refractivity contribution >= 4 is 28.0 Å². The molecule has 0 aliphatic heterocycles. The van der Waals surface area contributed by atoms with Gasteiger partial charge in [0, 0.05) is 4.47 Å². The normalized spacial score (nSPS) is 12.4. The predicted molar refractivity (Wildman–Crippen MR) is 84.6 cm³/mol. The van der Waals surface area contributed by atoms with Gasteiger partial charge in [0.2, 0.25) is 0 Å². The molecule has 0 fully saturated rings. The highest BCUT2D eigenvalue weighted by atomic mass is 79.9. The number of halogens is 1. The Bertz CT molecular complexity index is 605. The zero-order chi connectivity index (χ0) is 14.4. The smallest absolute Gasteiger partial charge is 0.311 e. The molecule has 102 valence electrons. The highest BCUT2D eigenvalue weighted by Gasteiger charge is 2.18. The molecule has 0 aliphatic rings. The SMILES string of the molecule is O=C(O)C(CC=Cc1ccccc1)c1cccc(Br)c1. The number of benzene rings is 2. The first-order valence-electron chi connectivity index (χ1n) is 6.36. The van der Waals surface area contributed by atoms with Crippen molar-refractivity contribution in [3.8, 4) is 0 Å². The molecule has 1 atom stereocenters. The maximum Gasteiger partial charge on any atom is 0.311 e. The first kappa shape index (κ1) is 14.5. The molecule has 20 heavy (non-hydrogen) atoms. The van der Waals surface area contributed by atoms with Crippen LogP contribution >= 0.6 is 15.9 Å². The minimum atomic E-state index is -0.805. The topological polar surface area (TPSA) is 37.3 Å². The number of rotatable bonds is 5. The van der Waals surface area contributed by atoms with Crippen molar-refractivity contribution in [2.45, 2.75) is 12.3 Å². The third kappa shape index (κ3) is 4.07. The fraction of sp³-hybridized carbons (Fsp3) is 0.118. The third-order valence-corrected chi connectivity index (χ3v) is 3.52. The molecule has 0 aromatic heterocycles. The van der Waals surface area contributed by atoms with Gasteiger partial charge in [-0.1, -0.05) is 70.5 Å². The van der Waals surface area contributed by atoms with Crippen molar-refractivity contribution in [1.82, 2.24) is 0 Å². The minimum absolute atomic E-state index is 0.473. The summed E-state index contributed by atoms with van der Waals surface area (Å²) in [7, 11) is 0. The maximum absolute atomic E-state index is 11.4. The standard InChI is InChI=1S/C17H15BrO2/c18-15-10-5-9-14(12-15)16(17(19)20)11-4-8-13-6-2-1-3-7-13/h1-10,12,16H,11H2,(H,19,20). The highest BCUT2D eigenvalue weighted by molar-refractivity contribution is 9.10. The highest BCUT2D eigenvalue weighted by Crippen LogP contribution is 2.24. The monoisotopic (exact) mass is 330 g/mol. The lowest BCUT2D eigenvalue weighted by Gasteiger charge is -2.10. The average Bonchev–Trinajstić information content (AvgIpc) is 2.44. The second kappa shape index (κ2) is 7.06. The number of hydrogen-bond acceptors (Lipinski definition) is 1. The van der Waals surface area contributed by atoms with Crippen molar-refractivity contribution in [3.63, 3.8) is 0 Å². The Morgan fingerprint density at radius 1 is 1.15 bits per heavy atom. The Kier molecular flexibility index (Phi) is 5.13. The molecule has 0 saturated carbocycles. The van der Waals surface area contributed by atoms with Gasteiger partial charge in [-0.2, -0.15) is 0 Å². The molecule has 2 rings (SSSR count). The van der Waals surface area contributed by atoms with Crippen LogP contribution in [0.2, 0.25) is 0 Å². The van der Waals surface area contributed by atoms with E-state index in [-0.39, 0.29) is 0 Å². The van der Waals surface area contributed by atoms with Crippen molar-refractivity contribution in [2.75, 3.05) is 0 Å². The van der Waals surface area contributed by atoms with E-state index in [1.165, 1.54) is 0 Å². The van der Waals surface area contributed by atoms with Gasteiger partial charge in [-0.3, -0.25) is 4.79 Å². The second-order valence-electron chi connectivity index (χ2n) is 4.49. The van der Waals surface area contributed by atoms with E-state index in [2.05, 4.69) is 15.9 Å². The number of hydrogen-bond donors (Lipinski definition) is 1. The molecule has 3 heteroatoms. The van der Waals surface area contributed by atoms with E-state index < -0.39 is 11.9 Å². The fourth-order valence-corrected chi connectivity index (χ4v) is 2.42. The molecule has 0 spiro atoms. The quantitative estimate of drug-likeness (QED) is 0.861. The van der Waals surface area contributed by atoms with Gasteiger partial charge in [0.1, 0.15) is 0 Å². The van der Waals surface area contributed by atoms with Crippen LogP contribution in [0.25, 0.3) is 6.08 Å². The van der Waals surface area contributed by atoms with Crippen LogP contribution < -0.4 is 0 Å². The van der Waals surface area contributed by atoms with Crippen molar-refractivity contribution in [1.29, 1.82) is 0 Å². The van der Waals surface area contributed by atoms with Crippen LogP contribution in [0.4, 0.5) is 0 Å². The van der Waals surface area contributed by atoms with Gasteiger partial charge in [-0.05, 0) is 29.7 Å². The van der Waals surface area contributed by atoms with E-state index in [4.69, 9.17) is 0 Å². The molecule has 0 saturated heterocycles. The Morgan fingerprint density at radius 3 is 2.55 bits per heavy atom. The van der Waals surface area contributed by atoms with Gasteiger partial charge in [0.05, 0.1) is 5.92 Å². The molecule has 0 radical (unpaired) electrons. The van der Waals surface area contributed by atoms with Gasteiger partial charge in [0.25, 0.3) is 0 Å². The Labute approximate surface area is 126 Å². The van der Waals surface area contributed by atoms with E-state index in [0.29, 0.717) is 6.42 Å². The molecular weight excluding hydrogens is 316 g/mol. The summed E-state index contributed by atoms with van der Waals surface area (Å²) in [6.45, 7) is 0. The van der Waals surface area contributed by atoms with Gasteiger partial charge in [-0.15, -0.1) is 0 Å². The van der Waals surface area contributed by atoms with E-state index in [1.807, 2.05) is 66.7 Å². The van der Waals surface area contributed by atoms with Crippen LogP contribution in [-0.2, 0) is 4.79 Å². The van der Waals surface area contributed by atoms with Crippen LogP contribution in [0.5, 0.6) is 0 Å². The second-order valence-corrected chi connectivity index (χ2v) is 5.41. The molecule has 1 N–H and O–H groups in total. The molecule has 0 amide bonds. The zero-order valence-electron chi connectivity index (χ0n) is 10.9. The van der Waals surface area contributed by atoms with Crippen LogP contribution in [0.1, 0.15) is 23.5 Å². The molecule has 2 aromatic carbocycles. The Balaban J connectivity index is 2.11. The lowest BCUT2D eigenvalue weighted by Crippen LogP contribution is -2.10. The van der Waals surface area contributed by atoms with Crippen LogP contribution in [-0.4, -0.2) is 11.1 Å². The van der Waals surface area contributed by atoms with Crippen molar-refractivity contribution < 1.29 is 9.90 Å². The lowest BCUT2D eigenvalue weighted by molar-refractivity contribution is -0.138. The van der Waals surface area contributed by atoms with Crippen molar-refractivity contribution in [2.24, 2.45) is 0 Å². The third-order valence-electron chi connectivity index (χ3n) is 3.03. The number of aliphatic carboxylic acids is 1. The predicted octanol–water partition coefficient (Wildman–Crippen LogP) is 4.72. The first-order chi connectivity index (χ1) is 9.66. The molecule has 0 aliphatic carbocycles. The molecular formula is C17H15BrO2. The van der Waals surface area contributed by atoms with Gasteiger partial charge < -0.3 is 5.11 Å². The Morgan fingerprint density at radius 2 is 1.90 bits per heavy atom. The lowest BCUT2D eigenvalue weighted by atomic mass is 9.95. The number of carbonyl (C=O) groups is 1.